The van der Waals surface area contributed by atoms with Crippen LogP contribution in [0.5, 0.6) is 0 Å². The van der Waals surface area contributed by atoms with E-state index in [2.05, 4.69) is 9.97 Å². The maximum absolute atomic E-state index is 13.5. The first-order valence-electron chi connectivity index (χ1n) is 10.1. The summed E-state index contributed by atoms with van der Waals surface area (Å²) in [5, 5.41) is 1.26. The fourth-order valence-corrected chi connectivity index (χ4v) is 5.00. The number of aromatic nitrogens is 2. The van der Waals surface area contributed by atoms with E-state index in [1.807, 2.05) is 13.0 Å². The summed E-state index contributed by atoms with van der Waals surface area (Å²) in [6, 6.07) is 3.41. The standard InChI is InChI=1S/C23H22Cl2N4O3/c1-10(26)18(12(3)30)15-8-17(24)14-5-7-29(23(32)19(14)20(15)25)9-16-13-4-6-27-21(13)11(2)28-22(16)31/h4,6,8,27H,5,7,9,26H2,1-3H3,(H,28,31). The summed E-state index contributed by atoms with van der Waals surface area (Å²) in [7, 11) is 0. The van der Waals surface area contributed by atoms with Crippen LogP contribution in [-0.2, 0) is 17.8 Å². The third-order valence-electron chi connectivity index (χ3n) is 5.84. The Labute approximate surface area is 194 Å². The van der Waals surface area contributed by atoms with Gasteiger partial charge in [0.25, 0.3) is 11.5 Å². The molecule has 0 saturated heterocycles. The summed E-state index contributed by atoms with van der Waals surface area (Å²) >= 11 is 13.1. The number of aryl methyl sites for hydroxylation is 1. The summed E-state index contributed by atoms with van der Waals surface area (Å²) in [5.41, 5.74) is 9.44. The van der Waals surface area contributed by atoms with Gasteiger partial charge in [-0.15, -0.1) is 0 Å². The molecule has 0 bridgehead atoms. The van der Waals surface area contributed by atoms with Crippen LogP contribution in [0.4, 0.5) is 0 Å². The lowest BCUT2D eigenvalue weighted by atomic mass is 9.91. The predicted octanol–water partition coefficient (Wildman–Crippen LogP) is 3.95. The Morgan fingerprint density at radius 3 is 2.62 bits per heavy atom. The molecule has 0 spiro atoms. The number of pyridine rings is 1. The molecule has 1 aliphatic heterocycles. The number of amides is 1. The van der Waals surface area contributed by atoms with E-state index in [0.29, 0.717) is 34.7 Å². The molecule has 4 rings (SSSR count). The Balaban J connectivity index is 1.81. The number of nitrogens with zero attached hydrogens (tertiary/aromatic N) is 1. The molecule has 3 aromatic rings. The molecule has 4 N–H and O–H groups in total. The number of hydrogen-bond donors (Lipinski definition) is 3. The van der Waals surface area contributed by atoms with Gasteiger partial charge in [-0.05, 0) is 44.9 Å². The second-order valence-corrected chi connectivity index (χ2v) is 8.77. The molecular formula is C23H22Cl2N4O3. The second kappa shape index (κ2) is 8.15. The number of hydrogen-bond acceptors (Lipinski definition) is 4. The van der Waals surface area contributed by atoms with Gasteiger partial charge < -0.3 is 20.6 Å². The van der Waals surface area contributed by atoms with Crippen molar-refractivity contribution in [3.05, 3.63) is 72.4 Å². The number of allylic oxidation sites excluding steroid dienone is 2. The third-order valence-corrected chi connectivity index (χ3v) is 6.57. The number of halogens is 2. The summed E-state index contributed by atoms with van der Waals surface area (Å²) in [6.07, 6.45) is 2.23. The summed E-state index contributed by atoms with van der Waals surface area (Å²) in [6.45, 7) is 5.29. The minimum absolute atomic E-state index is 0.117. The van der Waals surface area contributed by atoms with Crippen molar-refractivity contribution in [3.63, 3.8) is 0 Å². The normalized spacial score (nSPS) is 14.5. The van der Waals surface area contributed by atoms with Crippen molar-refractivity contribution in [1.29, 1.82) is 0 Å². The van der Waals surface area contributed by atoms with Crippen molar-refractivity contribution in [1.82, 2.24) is 14.9 Å². The predicted molar refractivity (Wildman–Crippen MR) is 126 cm³/mol. The summed E-state index contributed by atoms with van der Waals surface area (Å²) < 4.78 is 0. The minimum Gasteiger partial charge on any atom is -0.402 e. The van der Waals surface area contributed by atoms with Gasteiger partial charge in [0.15, 0.2) is 5.78 Å². The molecule has 0 atom stereocenters. The SMILES string of the molecule is CC(=O)C(=C(C)N)c1cc(Cl)c2c(c1Cl)C(=O)N(Cc1c(=O)[nH]c(C)c3[nH]ccc13)CC2. The maximum atomic E-state index is 13.5. The lowest BCUT2D eigenvalue weighted by Crippen LogP contribution is -2.39. The number of carbonyl (C=O) groups is 2. The van der Waals surface area contributed by atoms with Gasteiger partial charge in [0.05, 0.1) is 22.6 Å². The van der Waals surface area contributed by atoms with Crippen molar-refractivity contribution in [2.45, 2.75) is 33.7 Å². The average Bonchev–Trinajstić information content (AvgIpc) is 3.19. The highest BCUT2D eigenvalue weighted by Crippen LogP contribution is 2.38. The Kier molecular flexibility index (Phi) is 5.65. The molecule has 0 radical (unpaired) electrons. The lowest BCUT2D eigenvalue weighted by molar-refractivity contribution is -0.111. The highest BCUT2D eigenvalue weighted by atomic mass is 35.5. The van der Waals surface area contributed by atoms with Crippen LogP contribution < -0.4 is 11.3 Å². The first-order valence-corrected chi connectivity index (χ1v) is 10.8. The van der Waals surface area contributed by atoms with Gasteiger partial charge in [0.2, 0.25) is 0 Å². The van der Waals surface area contributed by atoms with Crippen LogP contribution in [0.3, 0.4) is 0 Å². The first-order chi connectivity index (χ1) is 15.1. The van der Waals surface area contributed by atoms with Crippen LogP contribution in [0.15, 0.2) is 28.8 Å². The Morgan fingerprint density at radius 1 is 1.25 bits per heavy atom. The maximum Gasteiger partial charge on any atom is 0.256 e. The van der Waals surface area contributed by atoms with Gasteiger partial charge >= 0.3 is 0 Å². The summed E-state index contributed by atoms with van der Waals surface area (Å²) in [5.74, 6) is -0.620. The van der Waals surface area contributed by atoms with E-state index in [-0.39, 0.29) is 45.7 Å². The number of Topliss-reactive ketones (excluding diaryl/α,β-unsaturated/α-hetero) is 1. The number of benzene rings is 1. The van der Waals surface area contributed by atoms with Crippen LogP contribution in [0.2, 0.25) is 10.0 Å². The smallest absolute Gasteiger partial charge is 0.256 e. The molecule has 2 aromatic heterocycles. The van der Waals surface area contributed by atoms with E-state index in [9.17, 15) is 14.4 Å². The average molecular weight is 473 g/mol. The van der Waals surface area contributed by atoms with Crippen LogP contribution in [0, 0.1) is 6.92 Å². The highest BCUT2D eigenvalue weighted by Gasteiger charge is 2.32. The van der Waals surface area contributed by atoms with Crippen molar-refractivity contribution >= 4 is 51.4 Å². The molecule has 0 aliphatic carbocycles. The Bertz CT molecular complexity index is 1380. The number of aromatic amines is 2. The second-order valence-electron chi connectivity index (χ2n) is 7.99. The van der Waals surface area contributed by atoms with Crippen molar-refractivity contribution in [2.75, 3.05) is 6.54 Å². The van der Waals surface area contributed by atoms with E-state index >= 15 is 0 Å². The topological polar surface area (TPSA) is 112 Å². The molecule has 0 saturated carbocycles. The number of nitrogens with two attached hydrogens (primary N) is 1. The number of H-pyrrole nitrogens is 2. The molecule has 32 heavy (non-hydrogen) atoms. The van der Waals surface area contributed by atoms with Gasteiger partial charge in [-0.25, -0.2) is 0 Å². The number of ketones is 1. The van der Waals surface area contributed by atoms with Crippen LogP contribution >= 0.6 is 23.2 Å². The van der Waals surface area contributed by atoms with Crippen molar-refractivity contribution in [2.24, 2.45) is 5.73 Å². The van der Waals surface area contributed by atoms with Gasteiger partial charge in [0, 0.05) is 51.2 Å². The van der Waals surface area contributed by atoms with Gasteiger partial charge in [0.1, 0.15) is 0 Å². The van der Waals surface area contributed by atoms with E-state index in [0.717, 1.165) is 16.6 Å². The van der Waals surface area contributed by atoms with Crippen LogP contribution in [0.25, 0.3) is 16.5 Å². The van der Waals surface area contributed by atoms with Crippen molar-refractivity contribution < 1.29 is 9.59 Å². The number of nitrogens with one attached hydrogen (secondary N) is 2. The lowest BCUT2D eigenvalue weighted by Gasteiger charge is -2.30. The number of carbonyl (C=O) groups excluding carboxylic acids is 2. The molecule has 166 valence electrons. The zero-order valence-electron chi connectivity index (χ0n) is 17.9. The van der Waals surface area contributed by atoms with Gasteiger partial charge in [-0.1, -0.05) is 23.2 Å². The van der Waals surface area contributed by atoms with E-state index in [1.165, 1.54) is 6.92 Å². The molecule has 1 aliphatic rings. The Hall–Kier alpha value is -3.03. The number of rotatable bonds is 4. The quantitative estimate of drug-likeness (QED) is 0.498. The third kappa shape index (κ3) is 3.51. The monoisotopic (exact) mass is 472 g/mol. The van der Waals surface area contributed by atoms with Crippen LogP contribution in [-0.4, -0.2) is 33.1 Å². The molecular weight excluding hydrogens is 451 g/mol. The first kappa shape index (κ1) is 22.2. The molecule has 1 aromatic carbocycles. The van der Waals surface area contributed by atoms with E-state index in [4.69, 9.17) is 28.9 Å². The summed E-state index contributed by atoms with van der Waals surface area (Å²) in [4.78, 5) is 45.9. The fraction of sp³-hybridized carbons (Fsp3) is 0.261. The fourth-order valence-electron chi connectivity index (χ4n) is 4.36. The molecule has 1 amide bonds. The Morgan fingerprint density at radius 2 is 1.97 bits per heavy atom. The molecule has 9 heteroatoms. The highest BCUT2D eigenvalue weighted by molar-refractivity contribution is 6.40. The van der Waals surface area contributed by atoms with Crippen LogP contribution in [0.1, 0.15) is 46.6 Å². The zero-order chi connectivity index (χ0) is 23.3. The zero-order valence-corrected chi connectivity index (χ0v) is 19.4. The van der Waals surface area contributed by atoms with Crippen molar-refractivity contribution in [3.8, 4) is 0 Å². The van der Waals surface area contributed by atoms with Gasteiger partial charge in [-0.2, -0.15) is 0 Å². The molecule has 7 nitrogen and oxygen atoms in total. The molecule has 0 unspecified atom stereocenters. The van der Waals surface area contributed by atoms with Gasteiger partial charge in [-0.3, -0.25) is 14.4 Å². The minimum atomic E-state index is -0.346. The largest absolute Gasteiger partial charge is 0.402 e. The molecule has 0 fully saturated rings. The number of fused-ring (bicyclic) bond motifs is 2. The molecule has 3 heterocycles. The van der Waals surface area contributed by atoms with E-state index in [1.54, 1.807) is 24.1 Å². The van der Waals surface area contributed by atoms with E-state index < -0.39 is 0 Å².